The van der Waals surface area contributed by atoms with Crippen LogP contribution in [0.3, 0.4) is 0 Å². The van der Waals surface area contributed by atoms with E-state index in [1.807, 2.05) is 0 Å². The van der Waals surface area contributed by atoms with E-state index in [0.29, 0.717) is 15.9 Å². The molecule has 26 heavy (non-hydrogen) atoms. The minimum atomic E-state index is -0.690. The molecule has 1 unspecified atom stereocenters. The van der Waals surface area contributed by atoms with E-state index in [0.717, 1.165) is 11.8 Å². The van der Waals surface area contributed by atoms with Gasteiger partial charge in [-0.1, -0.05) is 35.5 Å². The van der Waals surface area contributed by atoms with Gasteiger partial charge in [0.15, 0.2) is 5.17 Å². The number of carbonyl (C=O) groups excluding carboxylic acids is 2. The van der Waals surface area contributed by atoms with Crippen molar-refractivity contribution in [3.05, 3.63) is 59.4 Å². The van der Waals surface area contributed by atoms with Crippen LogP contribution in [-0.4, -0.2) is 34.2 Å². The van der Waals surface area contributed by atoms with Gasteiger partial charge in [-0.15, -0.1) is 0 Å². The topological polar surface area (TPSA) is 61.8 Å². The second-order valence-electron chi connectivity index (χ2n) is 5.60. The van der Waals surface area contributed by atoms with Crippen LogP contribution in [0.4, 0.5) is 15.8 Å². The molecule has 1 N–H and O–H groups in total. The van der Waals surface area contributed by atoms with Crippen molar-refractivity contribution in [3.8, 4) is 0 Å². The van der Waals surface area contributed by atoms with Crippen LogP contribution in [0.2, 0.25) is 5.02 Å². The van der Waals surface area contributed by atoms with Gasteiger partial charge in [0.2, 0.25) is 11.8 Å². The number of carbonyl (C=O) groups is 2. The molecule has 2 aromatic rings. The Labute approximate surface area is 159 Å². The van der Waals surface area contributed by atoms with Gasteiger partial charge < -0.3 is 5.32 Å². The number of thioether (sulfide) groups is 1. The van der Waals surface area contributed by atoms with Gasteiger partial charge in [0.05, 0.1) is 11.4 Å². The zero-order chi connectivity index (χ0) is 18.7. The van der Waals surface area contributed by atoms with Crippen molar-refractivity contribution >= 4 is 51.7 Å². The Balaban J connectivity index is 1.79. The highest BCUT2D eigenvalue weighted by molar-refractivity contribution is 8.15. The Kier molecular flexibility index (Phi) is 5.58. The first-order chi connectivity index (χ1) is 12.4. The van der Waals surface area contributed by atoms with Crippen LogP contribution in [0.25, 0.3) is 0 Å². The molecule has 3 rings (SSSR count). The summed E-state index contributed by atoms with van der Waals surface area (Å²) in [5.41, 5.74) is 0.701. The number of hydrogen-bond acceptors (Lipinski definition) is 4. The molecule has 0 saturated carbocycles. The fourth-order valence-corrected chi connectivity index (χ4v) is 3.49. The number of para-hydroxylation sites is 1. The van der Waals surface area contributed by atoms with Gasteiger partial charge in [-0.3, -0.25) is 14.5 Å². The molecule has 8 heteroatoms. The van der Waals surface area contributed by atoms with E-state index < -0.39 is 17.0 Å². The van der Waals surface area contributed by atoms with Gasteiger partial charge in [-0.05, 0) is 36.4 Å². The highest BCUT2D eigenvalue weighted by Gasteiger charge is 2.34. The van der Waals surface area contributed by atoms with Crippen LogP contribution in [0.15, 0.2) is 53.5 Å². The third-order valence-corrected chi connectivity index (χ3v) is 5.24. The second kappa shape index (κ2) is 7.88. The first-order valence-corrected chi connectivity index (χ1v) is 9.02. The highest BCUT2D eigenvalue weighted by atomic mass is 35.5. The van der Waals surface area contributed by atoms with Gasteiger partial charge in [0, 0.05) is 18.5 Å². The quantitative estimate of drug-likeness (QED) is 0.857. The lowest BCUT2D eigenvalue weighted by Gasteiger charge is -2.28. The maximum atomic E-state index is 13.7. The minimum Gasteiger partial charge on any atom is -0.323 e. The predicted octanol–water partition coefficient (Wildman–Crippen LogP) is 4.07. The van der Waals surface area contributed by atoms with Crippen molar-refractivity contribution in [2.45, 2.75) is 11.7 Å². The lowest BCUT2D eigenvalue weighted by atomic mass is 10.2. The number of anilines is 1. The maximum Gasteiger partial charge on any atom is 0.238 e. The zero-order valence-corrected chi connectivity index (χ0v) is 15.4. The van der Waals surface area contributed by atoms with Crippen LogP contribution in [0, 0.1) is 5.82 Å². The molecule has 5 nitrogen and oxygen atoms in total. The molecule has 0 spiro atoms. The molecule has 2 aromatic carbocycles. The number of halogens is 2. The molecule has 2 amide bonds. The lowest BCUT2D eigenvalue weighted by molar-refractivity contribution is -0.128. The summed E-state index contributed by atoms with van der Waals surface area (Å²) < 4.78 is 13.7. The average Bonchev–Trinajstić information content (AvgIpc) is 2.62. The summed E-state index contributed by atoms with van der Waals surface area (Å²) in [7, 11) is 1.61. The van der Waals surface area contributed by atoms with Gasteiger partial charge in [0.25, 0.3) is 0 Å². The predicted molar refractivity (Wildman–Crippen MR) is 102 cm³/mol. The number of aliphatic imine (C=N–C) groups is 1. The number of rotatable bonds is 3. The number of hydrogen-bond donors (Lipinski definition) is 1. The average molecular weight is 392 g/mol. The van der Waals surface area contributed by atoms with Crippen molar-refractivity contribution in [1.82, 2.24) is 4.90 Å². The Morgan fingerprint density at radius 3 is 2.65 bits per heavy atom. The largest absolute Gasteiger partial charge is 0.323 e. The van der Waals surface area contributed by atoms with Crippen molar-refractivity contribution in [2.75, 3.05) is 12.4 Å². The Morgan fingerprint density at radius 2 is 1.96 bits per heavy atom. The molecule has 0 aliphatic carbocycles. The van der Waals surface area contributed by atoms with Crippen LogP contribution >= 0.6 is 23.4 Å². The smallest absolute Gasteiger partial charge is 0.238 e. The van der Waals surface area contributed by atoms with Crippen molar-refractivity contribution in [2.24, 2.45) is 4.99 Å². The summed E-state index contributed by atoms with van der Waals surface area (Å²) in [5, 5.41) is 2.82. The van der Waals surface area contributed by atoms with Gasteiger partial charge in [-0.25, -0.2) is 9.38 Å². The fraction of sp³-hybridized carbons (Fsp3) is 0.167. The van der Waals surface area contributed by atoms with Crippen molar-refractivity contribution in [1.29, 1.82) is 0 Å². The summed E-state index contributed by atoms with van der Waals surface area (Å²) in [5.74, 6) is -1.20. The van der Waals surface area contributed by atoms with E-state index in [1.54, 1.807) is 37.4 Å². The minimum absolute atomic E-state index is 0.0150. The van der Waals surface area contributed by atoms with Crippen molar-refractivity contribution < 1.29 is 14.0 Å². The van der Waals surface area contributed by atoms with Gasteiger partial charge in [-0.2, -0.15) is 0 Å². The first kappa shape index (κ1) is 18.4. The molecule has 1 fully saturated rings. The third kappa shape index (κ3) is 4.23. The third-order valence-electron chi connectivity index (χ3n) is 3.74. The summed E-state index contributed by atoms with van der Waals surface area (Å²) in [6, 6.07) is 12.7. The van der Waals surface area contributed by atoms with Crippen LogP contribution in [-0.2, 0) is 9.59 Å². The number of benzene rings is 2. The fourth-order valence-electron chi connectivity index (χ4n) is 2.30. The number of amides is 2. The van der Waals surface area contributed by atoms with Gasteiger partial charge in [0.1, 0.15) is 11.1 Å². The zero-order valence-electron chi connectivity index (χ0n) is 13.8. The number of nitrogens with zero attached hydrogens (tertiary/aromatic N) is 2. The molecular formula is C18H15ClFN3O2S. The molecule has 0 bridgehead atoms. The maximum absolute atomic E-state index is 13.7. The van der Waals surface area contributed by atoms with E-state index in [1.165, 1.54) is 23.1 Å². The Bertz CT molecular complexity index is 873. The Hall–Kier alpha value is -2.38. The molecule has 1 saturated heterocycles. The van der Waals surface area contributed by atoms with Gasteiger partial charge >= 0.3 is 0 Å². The molecule has 1 aliphatic heterocycles. The normalized spacial score (nSPS) is 18.9. The molecule has 0 radical (unpaired) electrons. The van der Waals surface area contributed by atoms with E-state index in [4.69, 9.17) is 11.6 Å². The SMILES string of the molecule is CN1C(=O)CC(C(=O)Nc2ccccc2F)SC1=Nc1ccc(Cl)cc1. The monoisotopic (exact) mass is 391 g/mol. The highest BCUT2D eigenvalue weighted by Crippen LogP contribution is 2.29. The summed E-state index contributed by atoms with van der Waals surface area (Å²) in [6.07, 6.45) is 0.0150. The van der Waals surface area contributed by atoms with Crippen LogP contribution < -0.4 is 5.32 Å². The molecule has 1 heterocycles. The van der Waals surface area contributed by atoms with E-state index in [2.05, 4.69) is 10.3 Å². The molecule has 1 aliphatic rings. The standard InChI is InChI=1S/C18H15ClFN3O2S/c1-23-16(24)10-15(17(25)22-14-5-3-2-4-13(14)20)26-18(23)21-12-8-6-11(19)7-9-12/h2-9,15H,10H2,1H3,(H,22,25). The Morgan fingerprint density at radius 1 is 1.27 bits per heavy atom. The van der Waals surface area contributed by atoms with Crippen LogP contribution in [0.5, 0.6) is 0 Å². The van der Waals surface area contributed by atoms with Crippen molar-refractivity contribution in [3.63, 3.8) is 0 Å². The number of nitrogens with one attached hydrogen (secondary N) is 1. The van der Waals surface area contributed by atoms with E-state index in [9.17, 15) is 14.0 Å². The lowest BCUT2D eigenvalue weighted by Crippen LogP contribution is -2.43. The van der Waals surface area contributed by atoms with E-state index in [-0.39, 0.29) is 18.0 Å². The molecule has 1 atom stereocenters. The summed E-state index contributed by atoms with van der Waals surface area (Å²) in [4.78, 5) is 30.5. The molecule has 0 aromatic heterocycles. The number of amidine groups is 1. The molecular weight excluding hydrogens is 377 g/mol. The molecule has 134 valence electrons. The summed E-state index contributed by atoms with van der Waals surface area (Å²) >= 11 is 7.02. The first-order valence-electron chi connectivity index (χ1n) is 7.77. The second-order valence-corrected chi connectivity index (χ2v) is 7.21. The summed E-state index contributed by atoms with van der Waals surface area (Å²) in [6.45, 7) is 0. The van der Waals surface area contributed by atoms with E-state index >= 15 is 0 Å². The van der Waals surface area contributed by atoms with Crippen LogP contribution in [0.1, 0.15) is 6.42 Å².